The minimum absolute atomic E-state index is 0.0126. The average Bonchev–Trinajstić information content (AvgIpc) is 3.40. The molecule has 4 rings (SSSR count). The van der Waals surface area contributed by atoms with Crippen LogP contribution >= 0.6 is 34.7 Å². The summed E-state index contributed by atoms with van der Waals surface area (Å²) in [5.41, 5.74) is 2.17. The molecule has 0 spiro atoms. The third kappa shape index (κ3) is 5.51. The number of hydrogen-bond acceptors (Lipinski definition) is 7. The number of carbonyl (C=O) groups excluding carboxylic acids is 1. The van der Waals surface area contributed by atoms with Crippen molar-refractivity contribution < 1.29 is 14.6 Å². The van der Waals surface area contributed by atoms with Crippen molar-refractivity contribution >= 4 is 62.7 Å². The maximum atomic E-state index is 12.1. The number of nitrogens with one attached hydrogen (secondary N) is 1. The molecule has 2 aromatic carbocycles. The summed E-state index contributed by atoms with van der Waals surface area (Å²) in [5, 5.41) is 13.3. The minimum Gasteiger partial charge on any atom is -0.507 e. The van der Waals surface area contributed by atoms with Crippen LogP contribution in [0.15, 0.2) is 45.7 Å². The molecule has 1 atom stereocenters. The highest BCUT2D eigenvalue weighted by Gasteiger charge is 2.16. The average molecular weight is 462 g/mol. The zero-order valence-corrected chi connectivity index (χ0v) is 18.4. The van der Waals surface area contributed by atoms with Gasteiger partial charge in [0.15, 0.2) is 4.34 Å². The number of thioether (sulfide) groups is 1. The summed E-state index contributed by atoms with van der Waals surface area (Å²) in [6.45, 7) is 1.36. The summed E-state index contributed by atoms with van der Waals surface area (Å²) in [5.74, 6) is 0.436. The first-order valence-corrected chi connectivity index (χ1v) is 11.7. The molecule has 1 unspecified atom stereocenters. The molecule has 9 heteroatoms. The van der Waals surface area contributed by atoms with Crippen LogP contribution in [-0.2, 0) is 9.53 Å². The summed E-state index contributed by atoms with van der Waals surface area (Å²) in [6.07, 6.45) is 3.80. The van der Waals surface area contributed by atoms with E-state index >= 15 is 0 Å². The van der Waals surface area contributed by atoms with Gasteiger partial charge >= 0.3 is 0 Å². The zero-order valence-electron chi connectivity index (χ0n) is 16.0. The first-order chi connectivity index (χ1) is 14.6. The smallest absolute Gasteiger partial charge is 0.230 e. The maximum Gasteiger partial charge on any atom is 0.230 e. The van der Waals surface area contributed by atoms with Gasteiger partial charge in [-0.3, -0.25) is 9.79 Å². The molecule has 2 N–H and O–H groups in total. The summed E-state index contributed by atoms with van der Waals surface area (Å²) < 4.78 is 7.34. The predicted molar refractivity (Wildman–Crippen MR) is 123 cm³/mol. The Hall–Kier alpha value is -2.13. The van der Waals surface area contributed by atoms with Crippen molar-refractivity contribution in [2.24, 2.45) is 4.99 Å². The molecule has 156 valence electrons. The van der Waals surface area contributed by atoms with Crippen LogP contribution < -0.4 is 5.32 Å². The fourth-order valence-electron chi connectivity index (χ4n) is 3.02. The van der Waals surface area contributed by atoms with Crippen LogP contribution in [0.5, 0.6) is 5.75 Å². The number of ether oxygens (including phenoxy) is 1. The molecule has 2 heterocycles. The van der Waals surface area contributed by atoms with Crippen molar-refractivity contribution in [3.05, 3.63) is 47.0 Å². The number of carbonyl (C=O) groups is 1. The van der Waals surface area contributed by atoms with Crippen molar-refractivity contribution in [3.63, 3.8) is 0 Å². The minimum atomic E-state index is -0.0126. The van der Waals surface area contributed by atoms with Gasteiger partial charge in [0.25, 0.3) is 0 Å². The van der Waals surface area contributed by atoms with E-state index in [0.717, 1.165) is 39.7 Å². The van der Waals surface area contributed by atoms with Crippen LogP contribution in [0.25, 0.3) is 10.2 Å². The molecular formula is C21H20ClN3O3S2. The van der Waals surface area contributed by atoms with Crippen LogP contribution in [-0.4, -0.2) is 47.2 Å². The molecule has 30 heavy (non-hydrogen) atoms. The van der Waals surface area contributed by atoms with Gasteiger partial charge in [-0.25, -0.2) is 4.98 Å². The largest absolute Gasteiger partial charge is 0.507 e. The molecule has 1 fully saturated rings. The lowest BCUT2D eigenvalue weighted by molar-refractivity contribution is -0.119. The molecule has 0 bridgehead atoms. The van der Waals surface area contributed by atoms with Gasteiger partial charge in [-0.1, -0.05) is 23.4 Å². The highest BCUT2D eigenvalue weighted by Crippen LogP contribution is 2.32. The normalized spacial score (nSPS) is 16.5. The maximum absolute atomic E-state index is 12.1. The van der Waals surface area contributed by atoms with Crippen LogP contribution in [0.1, 0.15) is 18.4 Å². The number of fused-ring (bicyclic) bond motifs is 1. The molecule has 0 radical (unpaired) electrons. The Balaban J connectivity index is 1.36. The van der Waals surface area contributed by atoms with Gasteiger partial charge in [-0.2, -0.15) is 0 Å². The SMILES string of the molecule is O=C(CSc1nc2ccc(N=Cc3cc(Cl)ccc3O)cc2s1)NCC1CCCO1. The number of benzene rings is 2. The van der Waals surface area contributed by atoms with Gasteiger partial charge in [0, 0.05) is 30.0 Å². The Morgan fingerprint density at radius 1 is 1.40 bits per heavy atom. The number of phenolic OH excluding ortho intramolecular Hbond substituents is 1. The van der Waals surface area contributed by atoms with Gasteiger partial charge in [-0.15, -0.1) is 11.3 Å². The number of aliphatic imine (C=N–C) groups is 1. The molecule has 1 aromatic heterocycles. The molecule has 3 aromatic rings. The van der Waals surface area contributed by atoms with Gasteiger partial charge in [-0.05, 0) is 49.2 Å². The lowest BCUT2D eigenvalue weighted by atomic mass is 10.2. The number of rotatable bonds is 7. The summed E-state index contributed by atoms with van der Waals surface area (Å²) in [4.78, 5) is 21.1. The second-order valence-corrected chi connectivity index (χ2v) is 9.51. The number of thiazole rings is 1. The van der Waals surface area contributed by atoms with Crippen LogP contribution in [0.3, 0.4) is 0 Å². The van der Waals surface area contributed by atoms with Gasteiger partial charge < -0.3 is 15.2 Å². The van der Waals surface area contributed by atoms with Crippen molar-refractivity contribution in [1.82, 2.24) is 10.3 Å². The number of nitrogens with zero attached hydrogens (tertiary/aromatic N) is 2. The number of aromatic hydroxyl groups is 1. The Bertz CT molecular complexity index is 1080. The Kier molecular flexibility index (Phi) is 6.89. The van der Waals surface area contributed by atoms with E-state index in [2.05, 4.69) is 15.3 Å². The Morgan fingerprint density at radius 3 is 3.13 bits per heavy atom. The molecule has 0 aliphatic carbocycles. The van der Waals surface area contributed by atoms with Crippen LogP contribution in [0.4, 0.5) is 5.69 Å². The Morgan fingerprint density at radius 2 is 2.30 bits per heavy atom. The van der Waals surface area contributed by atoms with E-state index in [1.165, 1.54) is 29.2 Å². The third-order valence-electron chi connectivity index (χ3n) is 4.57. The predicted octanol–water partition coefficient (Wildman–Crippen LogP) is 4.79. The van der Waals surface area contributed by atoms with Crippen LogP contribution in [0.2, 0.25) is 5.02 Å². The lowest BCUT2D eigenvalue weighted by Crippen LogP contribution is -2.32. The second-order valence-electron chi connectivity index (χ2n) is 6.82. The van der Waals surface area contributed by atoms with Crippen molar-refractivity contribution in [3.8, 4) is 5.75 Å². The highest BCUT2D eigenvalue weighted by atomic mass is 35.5. The first-order valence-electron chi connectivity index (χ1n) is 9.51. The molecular weight excluding hydrogens is 442 g/mol. The molecule has 1 aliphatic heterocycles. The first kappa shape index (κ1) is 21.1. The van der Waals surface area contributed by atoms with Gasteiger partial charge in [0.2, 0.25) is 5.91 Å². The number of phenols is 1. The van der Waals surface area contributed by atoms with Crippen molar-refractivity contribution in [2.45, 2.75) is 23.3 Å². The monoisotopic (exact) mass is 461 g/mol. The number of hydrogen-bond donors (Lipinski definition) is 2. The lowest BCUT2D eigenvalue weighted by Gasteiger charge is -2.09. The number of aromatic nitrogens is 1. The summed E-state index contributed by atoms with van der Waals surface area (Å²) in [7, 11) is 0. The quantitative estimate of drug-likeness (QED) is 0.390. The molecule has 1 saturated heterocycles. The molecule has 6 nitrogen and oxygen atoms in total. The summed E-state index contributed by atoms with van der Waals surface area (Å²) >= 11 is 8.92. The van der Waals surface area contributed by atoms with E-state index in [-0.39, 0.29) is 17.8 Å². The fraction of sp³-hybridized carbons (Fsp3) is 0.286. The van der Waals surface area contributed by atoms with E-state index in [4.69, 9.17) is 16.3 Å². The molecule has 0 saturated carbocycles. The van der Waals surface area contributed by atoms with E-state index in [9.17, 15) is 9.90 Å². The van der Waals surface area contributed by atoms with Gasteiger partial charge in [0.05, 0.1) is 27.8 Å². The number of amides is 1. The van der Waals surface area contributed by atoms with E-state index < -0.39 is 0 Å². The molecule has 1 amide bonds. The third-order valence-corrected chi connectivity index (χ3v) is 6.97. The zero-order chi connectivity index (χ0) is 20.9. The second kappa shape index (κ2) is 9.78. The van der Waals surface area contributed by atoms with E-state index in [0.29, 0.717) is 22.9 Å². The van der Waals surface area contributed by atoms with E-state index in [1.807, 2.05) is 18.2 Å². The van der Waals surface area contributed by atoms with Crippen molar-refractivity contribution in [1.29, 1.82) is 0 Å². The highest BCUT2D eigenvalue weighted by molar-refractivity contribution is 8.01. The van der Waals surface area contributed by atoms with Gasteiger partial charge in [0.1, 0.15) is 5.75 Å². The Labute approximate surface area is 187 Å². The summed E-state index contributed by atoms with van der Waals surface area (Å²) in [6, 6.07) is 10.5. The topological polar surface area (TPSA) is 83.8 Å². The van der Waals surface area contributed by atoms with Crippen molar-refractivity contribution in [2.75, 3.05) is 18.9 Å². The fourth-order valence-corrected chi connectivity index (χ4v) is 5.13. The van der Waals surface area contributed by atoms with E-state index in [1.54, 1.807) is 18.3 Å². The molecule has 1 aliphatic rings. The standard InChI is InChI=1S/C21H20ClN3O3S2/c22-14-3-6-18(26)13(8-14)10-23-15-4-5-17-19(9-15)30-21(25-17)29-12-20(27)24-11-16-2-1-7-28-16/h3-6,8-10,16,26H,1-2,7,11-12H2,(H,24,27). The number of halogens is 1. The van der Waals surface area contributed by atoms with Crippen LogP contribution in [0, 0.1) is 0 Å².